The average molecular weight is 272 g/mol. The smallest absolute Gasteiger partial charge is 0.414 e. The summed E-state index contributed by atoms with van der Waals surface area (Å²) in [5.74, 6) is -0.247. The van der Waals surface area contributed by atoms with Crippen LogP contribution in [0.15, 0.2) is 48.6 Å². The van der Waals surface area contributed by atoms with Gasteiger partial charge in [0, 0.05) is 6.08 Å². The molecule has 1 heterocycles. The van der Waals surface area contributed by atoms with Crippen LogP contribution in [-0.4, -0.2) is 25.2 Å². The fourth-order valence-electron chi connectivity index (χ4n) is 1.86. The van der Waals surface area contributed by atoms with E-state index in [-0.39, 0.29) is 5.91 Å². The number of para-hydroxylation sites is 2. The first kappa shape index (κ1) is 13.9. The van der Waals surface area contributed by atoms with E-state index in [1.54, 1.807) is 30.4 Å². The Kier molecular flexibility index (Phi) is 4.55. The maximum absolute atomic E-state index is 11.8. The number of nitrogens with one attached hydrogen (secondary N) is 1. The van der Waals surface area contributed by atoms with Crippen LogP contribution in [0.3, 0.4) is 0 Å². The number of benzene rings is 1. The molecule has 2 rings (SSSR count). The Morgan fingerprint density at radius 3 is 2.85 bits per heavy atom. The van der Waals surface area contributed by atoms with Crippen molar-refractivity contribution in [1.29, 1.82) is 0 Å². The molecule has 1 aliphatic rings. The van der Waals surface area contributed by atoms with Crippen molar-refractivity contribution in [1.82, 2.24) is 0 Å². The van der Waals surface area contributed by atoms with E-state index >= 15 is 0 Å². The molecule has 0 bridgehead atoms. The summed E-state index contributed by atoms with van der Waals surface area (Å²) in [6.45, 7) is 2.72. The van der Waals surface area contributed by atoms with Gasteiger partial charge in [-0.3, -0.25) is 9.69 Å². The second-order valence-corrected chi connectivity index (χ2v) is 4.16. The van der Waals surface area contributed by atoms with Crippen LogP contribution in [-0.2, 0) is 9.53 Å². The number of nitrogens with zero attached hydrogens (tertiary/aromatic N) is 1. The van der Waals surface area contributed by atoms with Crippen LogP contribution in [0.1, 0.15) is 6.92 Å². The largest absolute Gasteiger partial charge is 0.447 e. The molecule has 0 radical (unpaired) electrons. The topological polar surface area (TPSA) is 58.6 Å². The molecule has 2 amide bonds. The van der Waals surface area contributed by atoms with E-state index in [1.165, 1.54) is 11.0 Å². The molecule has 5 nitrogen and oxygen atoms in total. The lowest BCUT2D eigenvalue weighted by Crippen LogP contribution is -2.25. The van der Waals surface area contributed by atoms with E-state index in [1.807, 2.05) is 19.1 Å². The van der Waals surface area contributed by atoms with Crippen molar-refractivity contribution >= 4 is 23.4 Å². The molecule has 1 fully saturated rings. The molecule has 0 aromatic heterocycles. The summed E-state index contributed by atoms with van der Waals surface area (Å²) in [7, 11) is 0. The Morgan fingerprint density at radius 1 is 1.35 bits per heavy atom. The third-order valence-corrected chi connectivity index (χ3v) is 2.76. The van der Waals surface area contributed by atoms with Gasteiger partial charge >= 0.3 is 6.09 Å². The molecule has 1 aromatic rings. The summed E-state index contributed by atoms with van der Waals surface area (Å²) in [6, 6.07) is 7.14. The molecule has 104 valence electrons. The molecule has 1 aromatic carbocycles. The Morgan fingerprint density at radius 2 is 2.15 bits per heavy atom. The number of cyclic esters (lactones) is 1. The second kappa shape index (κ2) is 6.56. The number of hydrogen-bond donors (Lipinski definition) is 1. The first-order chi connectivity index (χ1) is 9.72. The third kappa shape index (κ3) is 3.26. The normalized spacial score (nSPS) is 15.1. The quantitative estimate of drug-likeness (QED) is 0.677. The van der Waals surface area contributed by atoms with Gasteiger partial charge in [0.05, 0.1) is 17.9 Å². The maximum atomic E-state index is 11.8. The molecule has 0 atom stereocenters. The molecule has 1 saturated heterocycles. The molecule has 20 heavy (non-hydrogen) atoms. The molecule has 5 heteroatoms. The summed E-state index contributed by atoms with van der Waals surface area (Å²) < 4.78 is 4.91. The molecule has 1 aliphatic heterocycles. The third-order valence-electron chi connectivity index (χ3n) is 2.76. The number of carbonyl (C=O) groups is 2. The van der Waals surface area contributed by atoms with Crippen LogP contribution in [0.25, 0.3) is 0 Å². The predicted molar refractivity (Wildman–Crippen MR) is 77.7 cm³/mol. The molecular weight excluding hydrogens is 256 g/mol. The minimum absolute atomic E-state index is 0.247. The van der Waals surface area contributed by atoms with Crippen molar-refractivity contribution in [3.8, 4) is 0 Å². The zero-order chi connectivity index (χ0) is 14.4. The molecule has 0 unspecified atom stereocenters. The lowest BCUT2D eigenvalue weighted by Gasteiger charge is -2.17. The van der Waals surface area contributed by atoms with Crippen LogP contribution < -0.4 is 10.2 Å². The highest BCUT2D eigenvalue weighted by Crippen LogP contribution is 2.27. The predicted octanol–water partition coefficient (Wildman–Crippen LogP) is 2.71. The molecule has 1 N–H and O–H groups in total. The number of anilines is 2. The molecule has 0 saturated carbocycles. The van der Waals surface area contributed by atoms with Gasteiger partial charge in [-0.25, -0.2) is 4.79 Å². The second-order valence-electron chi connectivity index (χ2n) is 4.16. The van der Waals surface area contributed by atoms with Crippen molar-refractivity contribution in [3.63, 3.8) is 0 Å². The average Bonchev–Trinajstić information content (AvgIpc) is 2.86. The number of hydrogen-bond acceptors (Lipinski definition) is 3. The highest BCUT2D eigenvalue weighted by atomic mass is 16.6. The van der Waals surface area contributed by atoms with Gasteiger partial charge in [0.25, 0.3) is 0 Å². The SMILES string of the molecule is CC=CC=CC(=O)Nc1ccccc1N1CCOC1=O. The van der Waals surface area contributed by atoms with Crippen LogP contribution in [0.2, 0.25) is 0 Å². The highest BCUT2D eigenvalue weighted by Gasteiger charge is 2.25. The maximum Gasteiger partial charge on any atom is 0.414 e. The summed E-state index contributed by atoms with van der Waals surface area (Å²) >= 11 is 0. The van der Waals surface area contributed by atoms with Crippen LogP contribution in [0.4, 0.5) is 16.2 Å². The van der Waals surface area contributed by atoms with Crippen molar-refractivity contribution < 1.29 is 14.3 Å². The Hall–Kier alpha value is -2.56. The van der Waals surface area contributed by atoms with E-state index < -0.39 is 6.09 Å². The Labute approximate surface area is 117 Å². The zero-order valence-corrected chi connectivity index (χ0v) is 11.2. The van der Waals surface area contributed by atoms with Gasteiger partial charge in [0.1, 0.15) is 6.61 Å². The number of carbonyl (C=O) groups excluding carboxylic acids is 2. The van der Waals surface area contributed by atoms with Crippen LogP contribution in [0, 0.1) is 0 Å². The minimum Gasteiger partial charge on any atom is -0.447 e. The van der Waals surface area contributed by atoms with E-state index in [0.29, 0.717) is 24.5 Å². The van der Waals surface area contributed by atoms with Crippen LogP contribution in [0.5, 0.6) is 0 Å². The Bertz CT molecular complexity index is 564. The van der Waals surface area contributed by atoms with E-state index in [9.17, 15) is 9.59 Å². The van der Waals surface area contributed by atoms with Crippen molar-refractivity contribution in [2.75, 3.05) is 23.4 Å². The standard InChI is InChI=1S/C15H16N2O3/c1-2-3-4-9-14(18)16-12-7-5-6-8-13(12)17-10-11-20-15(17)19/h2-9H,10-11H2,1H3,(H,16,18). The number of rotatable bonds is 4. The summed E-state index contributed by atoms with van der Waals surface area (Å²) in [5, 5.41) is 2.76. The lowest BCUT2D eigenvalue weighted by atomic mass is 10.2. The van der Waals surface area contributed by atoms with E-state index in [0.717, 1.165) is 0 Å². The number of allylic oxidation sites excluding steroid dienone is 3. The first-order valence-electron chi connectivity index (χ1n) is 6.36. The van der Waals surface area contributed by atoms with Crippen molar-refractivity contribution in [2.24, 2.45) is 0 Å². The summed E-state index contributed by atoms with van der Waals surface area (Å²) in [6.07, 6.45) is 6.29. The lowest BCUT2D eigenvalue weighted by molar-refractivity contribution is -0.111. The fraction of sp³-hybridized carbons (Fsp3) is 0.200. The van der Waals surface area contributed by atoms with Gasteiger partial charge in [0.15, 0.2) is 0 Å². The van der Waals surface area contributed by atoms with Gasteiger partial charge in [0.2, 0.25) is 5.91 Å². The zero-order valence-electron chi connectivity index (χ0n) is 11.2. The monoisotopic (exact) mass is 272 g/mol. The van der Waals surface area contributed by atoms with Gasteiger partial charge in [-0.2, -0.15) is 0 Å². The van der Waals surface area contributed by atoms with Gasteiger partial charge < -0.3 is 10.1 Å². The van der Waals surface area contributed by atoms with Crippen molar-refractivity contribution in [3.05, 3.63) is 48.6 Å². The highest BCUT2D eigenvalue weighted by molar-refractivity contribution is 6.03. The fourth-order valence-corrected chi connectivity index (χ4v) is 1.86. The Balaban J connectivity index is 2.16. The molecular formula is C15H16N2O3. The van der Waals surface area contributed by atoms with Crippen LogP contribution >= 0.6 is 0 Å². The minimum atomic E-state index is -0.392. The van der Waals surface area contributed by atoms with Gasteiger partial charge in [-0.05, 0) is 19.1 Å². The van der Waals surface area contributed by atoms with Gasteiger partial charge in [-0.1, -0.05) is 30.4 Å². The number of amides is 2. The molecule has 0 spiro atoms. The van der Waals surface area contributed by atoms with Crippen molar-refractivity contribution in [2.45, 2.75) is 6.92 Å². The number of ether oxygens (including phenoxy) is 1. The summed E-state index contributed by atoms with van der Waals surface area (Å²) in [4.78, 5) is 24.9. The van der Waals surface area contributed by atoms with Gasteiger partial charge in [-0.15, -0.1) is 0 Å². The van der Waals surface area contributed by atoms with E-state index in [4.69, 9.17) is 4.74 Å². The summed E-state index contributed by atoms with van der Waals surface area (Å²) in [5.41, 5.74) is 1.23. The molecule has 0 aliphatic carbocycles. The van der Waals surface area contributed by atoms with E-state index in [2.05, 4.69) is 5.32 Å². The first-order valence-corrected chi connectivity index (χ1v) is 6.36.